The predicted molar refractivity (Wildman–Crippen MR) is 102 cm³/mol. The van der Waals surface area contributed by atoms with Crippen molar-refractivity contribution in [1.82, 2.24) is 20.4 Å². The molecular weight excluding hydrogens is 362 g/mol. The first kappa shape index (κ1) is 19.7. The van der Waals surface area contributed by atoms with Crippen LogP contribution in [0.2, 0.25) is 0 Å². The maximum atomic E-state index is 13.0. The Labute approximate surface area is 163 Å². The van der Waals surface area contributed by atoms with Gasteiger partial charge in [0.15, 0.2) is 0 Å². The highest BCUT2D eigenvalue weighted by atomic mass is 16.7. The fourth-order valence-electron chi connectivity index (χ4n) is 2.96. The molecule has 0 spiro atoms. The Balaban J connectivity index is 1.89. The topological polar surface area (TPSA) is 94.6 Å². The first-order valence-electron chi connectivity index (χ1n) is 9.11. The third-order valence-electron chi connectivity index (χ3n) is 4.69. The maximum Gasteiger partial charge on any atom is 0.376 e. The third-order valence-corrected chi connectivity index (χ3v) is 4.69. The Bertz CT molecular complexity index is 813. The van der Waals surface area contributed by atoms with E-state index in [9.17, 15) is 14.4 Å². The van der Waals surface area contributed by atoms with Gasteiger partial charge in [-0.2, -0.15) is 0 Å². The molecule has 9 nitrogen and oxygen atoms in total. The van der Waals surface area contributed by atoms with Gasteiger partial charge in [0.1, 0.15) is 11.4 Å². The van der Waals surface area contributed by atoms with Crippen molar-refractivity contribution in [3.05, 3.63) is 47.7 Å². The van der Waals surface area contributed by atoms with E-state index in [0.29, 0.717) is 18.7 Å². The number of piperazine rings is 1. The van der Waals surface area contributed by atoms with E-state index in [0.717, 1.165) is 19.6 Å². The van der Waals surface area contributed by atoms with Crippen molar-refractivity contribution in [3.63, 3.8) is 0 Å². The molecule has 0 saturated carbocycles. The summed E-state index contributed by atoms with van der Waals surface area (Å²) in [5.74, 6) is -1.58. The first-order chi connectivity index (χ1) is 13.5. The summed E-state index contributed by atoms with van der Waals surface area (Å²) < 4.78 is 0. The predicted octanol–water partition coefficient (Wildman–Crippen LogP) is 0.224. The van der Waals surface area contributed by atoms with Crippen molar-refractivity contribution in [1.29, 1.82) is 0 Å². The molecule has 0 radical (unpaired) electrons. The third kappa shape index (κ3) is 4.44. The molecule has 0 unspecified atom stereocenters. The van der Waals surface area contributed by atoms with E-state index in [4.69, 9.17) is 4.84 Å². The average Bonchev–Trinajstić information content (AvgIpc) is 3.05. The number of hydrazine groups is 1. The Morgan fingerprint density at radius 2 is 1.86 bits per heavy atom. The van der Waals surface area contributed by atoms with Crippen molar-refractivity contribution in [3.8, 4) is 0 Å². The molecule has 0 atom stereocenters. The van der Waals surface area contributed by atoms with E-state index in [1.165, 1.54) is 11.1 Å². The van der Waals surface area contributed by atoms with Crippen LogP contribution in [0.25, 0.3) is 0 Å². The quantitative estimate of drug-likeness (QED) is 0.585. The molecule has 0 aromatic heterocycles. The highest BCUT2D eigenvalue weighted by molar-refractivity contribution is 6.45. The smallest absolute Gasteiger partial charge is 0.345 e. The van der Waals surface area contributed by atoms with Gasteiger partial charge in [0.2, 0.25) is 0 Å². The molecule has 0 bridgehead atoms. The van der Waals surface area contributed by atoms with Crippen LogP contribution in [0, 0.1) is 0 Å². The van der Waals surface area contributed by atoms with Crippen LogP contribution >= 0.6 is 0 Å². The number of nitrogens with one attached hydrogen (secondary N) is 1. The van der Waals surface area contributed by atoms with E-state index in [1.807, 2.05) is 0 Å². The summed E-state index contributed by atoms with van der Waals surface area (Å²) in [4.78, 5) is 50.1. The lowest BCUT2D eigenvalue weighted by atomic mass is 10.2. The first-order valence-corrected chi connectivity index (χ1v) is 9.11. The van der Waals surface area contributed by atoms with Gasteiger partial charge in [0.05, 0.1) is 0 Å². The fraction of sp³-hybridized carbons (Fsp3) is 0.368. The molecule has 0 aliphatic carbocycles. The summed E-state index contributed by atoms with van der Waals surface area (Å²) in [7, 11) is 1.57. The van der Waals surface area contributed by atoms with Gasteiger partial charge in [0.25, 0.3) is 11.8 Å². The van der Waals surface area contributed by atoms with Gasteiger partial charge in [-0.3, -0.25) is 14.6 Å². The Kier molecular flexibility index (Phi) is 6.17. The van der Waals surface area contributed by atoms with Crippen LogP contribution in [0.1, 0.15) is 17.3 Å². The molecule has 2 saturated heterocycles. The van der Waals surface area contributed by atoms with E-state index in [2.05, 4.69) is 22.4 Å². The standard InChI is InChI=1S/C19H23N5O4/c1-3-23-9-11-24(12-10-23)18(26)15(13-16-19(27)28-21-22(16)2)20-17(25)14-7-5-4-6-8-14/h4-8,13,21H,3,9-12H2,1-2H3/b16-13+,20-15?. The molecule has 1 aromatic rings. The van der Waals surface area contributed by atoms with Gasteiger partial charge in [-0.05, 0) is 18.7 Å². The summed E-state index contributed by atoms with van der Waals surface area (Å²) >= 11 is 0. The monoisotopic (exact) mass is 385 g/mol. The molecule has 2 aliphatic heterocycles. The zero-order chi connectivity index (χ0) is 20.1. The molecule has 28 heavy (non-hydrogen) atoms. The molecule has 2 amide bonds. The minimum atomic E-state index is -0.647. The van der Waals surface area contributed by atoms with E-state index < -0.39 is 11.9 Å². The van der Waals surface area contributed by atoms with Crippen LogP contribution in [0.4, 0.5) is 0 Å². The van der Waals surface area contributed by atoms with Crippen LogP contribution in [0.5, 0.6) is 0 Å². The number of amides is 2. The minimum Gasteiger partial charge on any atom is -0.345 e. The number of aliphatic imine (C=N–C) groups is 1. The second kappa shape index (κ2) is 8.77. The van der Waals surface area contributed by atoms with E-state index in [-0.39, 0.29) is 17.3 Å². The van der Waals surface area contributed by atoms with Gasteiger partial charge in [0, 0.05) is 44.9 Å². The number of hydrogen-bond acceptors (Lipinski definition) is 7. The van der Waals surface area contributed by atoms with Gasteiger partial charge in [-0.15, -0.1) is 0 Å². The van der Waals surface area contributed by atoms with Gasteiger partial charge < -0.3 is 14.6 Å². The second-order valence-electron chi connectivity index (χ2n) is 6.46. The van der Waals surface area contributed by atoms with Crippen molar-refractivity contribution in [2.45, 2.75) is 6.92 Å². The molecule has 2 heterocycles. The number of likely N-dealkylation sites (N-methyl/N-ethyl adjacent to an activating group) is 2. The Hall–Kier alpha value is -3.04. The van der Waals surface area contributed by atoms with Crippen LogP contribution in [-0.4, -0.2) is 78.1 Å². The Morgan fingerprint density at radius 3 is 2.43 bits per heavy atom. The molecule has 2 fully saturated rings. The Morgan fingerprint density at radius 1 is 1.18 bits per heavy atom. The largest absolute Gasteiger partial charge is 0.376 e. The van der Waals surface area contributed by atoms with Crippen molar-refractivity contribution in [2.75, 3.05) is 39.8 Å². The number of hydrogen-bond donors (Lipinski definition) is 1. The van der Waals surface area contributed by atoms with Crippen molar-refractivity contribution < 1.29 is 19.2 Å². The van der Waals surface area contributed by atoms with E-state index >= 15 is 0 Å². The molecule has 3 rings (SSSR count). The molecule has 9 heteroatoms. The highest BCUT2D eigenvalue weighted by Gasteiger charge is 2.29. The number of carbonyl (C=O) groups is 3. The lowest BCUT2D eigenvalue weighted by molar-refractivity contribution is -0.142. The molecule has 2 aliphatic rings. The minimum absolute atomic E-state index is 0.0960. The summed E-state index contributed by atoms with van der Waals surface area (Å²) in [6.45, 7) is 5.56. The number of rotatable bonds is 4. The molecular formula is C19H23N5O4. The summed E-state index contributed by atoms with van der Waals surface area (Å²) in [6, 6.07) is 8.48. The maximum absolute atomic E-state index is 13.0. The fourth-order valence-corrected chi connectivity index (χ4v) is 2.96. The number of benzene rings is 1. The van der Waals surface area contributed by atoms with Crippen LogP contribution in [0.15, 0.2) is 47.1 Å². The normalized spacial score (nSPS) is 19.9. The van der Waals surface area contributed by atoms with Crippen molar-refractivity contribution >= 4 is 23.5 Å². The van der Waals surface area contributed by atoms with Crippen LogP contribution < -0.4 is 5.59 Å². The van der Waals surface area contributed by atoms with Crippen LogP contribution in [0.3, 0.4) is 0 Å². The van der Waals surface area contributed by atoms with Crippen molar-refractivity contribution in [2.24, 2.45) is 4.99 Å². The molecule has 1 N–H and O–H groups in total. The molecule has 1 aromatic carbocycles. The van der Waals surface area contributed by atoms with E-state index in [1.54, 1.807) is 42.3 Å². The number of nitrogens with zero attached hydrogens (tertiary/aromatic N) is 4. The SMILES string of the molecule is CCN1CCN(C(=O)C(/C=C2\C(=O)ONN2C)=NC(=O)c2ccccc2)CC1. The zero-order valence-electron chi connectivity index (χ0n) is 15.9. The van der Waals surface area contributed by atoms with Gasteiger partial charge in [-0.1, -0.05) is 30.7 Å². The average molecular weight is 385 g/mol. The summed E-state index contributed by atoms with van der Waals surface area (Å²) in [6.07, 6.45) is 1.29. The van der Waals surface area contributed by atoms with Gasteiger partial charge >= 0.3 is 5.97 Å². The second-order valence-corrected chi connectivity index (χ2v) is 6.46. The summed E-state index contributed by atoms with van der Waals surface area (Å²) in [5.41, 5.74) is 2.75. The lowest BCUT2D eigenvalue weighted by Crippen LogP contribution is -2.50. The summed E-state index contributed by atoms with van der Waals surface area (Å²) in [5, 5.41) is 1.33. The lowest BCUT2D eigenvalue weighted by Gasteiger charge is -2.34. The zero-order valence-corrected chi connectivity index (χ0v) is 15.9. The van der Waals surface area contributed by atoms with Gasteiger partial charge in [-0.25, -0.2) is 9.79 Å². The van der Waals surface area contributed by atoms with Crippen LogP contribution in [-0.2, 0) is 14.4 Å². The number of carbonyl (C=O) groups excluding carboxylic acids is 3. The highest BCUT2D eigenvalue weighted by Crippen LogP contribution is 2.12. The molecule has 148 valence electrons.